The minimum Gasteiger partial charge on any atom is -0.353 e. The van der Waals surface area contributed by atoms with Crippen molar-refractivity contribution < 1.29 is 22.8 Å². The summed E-state index contributed by atoms with van der Waals surface area (Å²) in [5.74, 6) is -0.0284. The second-order valence-electron chi connectivity index (χ2n) is 7.57. The van der Waals surface area contributed by atoms with E-state index in [2.05, 4.69) is 15.3 Å². The third-order valence-electron chi connectivity index (χ3n) is 5.49. The van der Waals surface area contributed by atoms with E-state index in [1.165, 1.54) is 6.92 Å². The number of carbonyl (C=O) groups excluding carboxylic acids is 2. The van der Waals surface area contributed by atoms with Crippen LogP contribution in [0.4, 0.5) is 24.7 Å². The van der Waals surface area contributed by atoms with Crippen LogP contribution in [-0.4, -0.2) is 58.3 Å². The molecule has 1 amide bonds. The summed E-state index contributed by atoms with van der Waals surface area (Å²) in [6, 6.07) is 7.85. The van der Waals surface area contributed by atoms with Crippen molar-refractivity contribution in [1.82, 2.24) is 14.9 Å². The van der Waals surface area contributed by atoms with E-state index >= 15 is 0 Å². The van der Waals surface area contributed by atoms with Gasteiger partial charge in [-0.05, 0) is 25.5 Å². The van der Waals surface area contributed by atoms with Crippen molar-refractivity contribution in [3.05, 3.63) is 47.9 Å². The number of nitrogens with zero attached hydrogens (tertiary/aromatic N) is 4. The number of alkyl halides is 3. The fourth-order valence-electron chi connectivity index (χ4n) is 3.99. The minimum absolute atomic E-state index is 0.0716. The molecule has 0 spiro atoms. The molecule has 2 unspecified atom stereocenters. The molecular weight excluding hydrogens is 399 g/mol. The number of fused-ring (bicyclic) bond motifs is 2. The van der Waals surface area contributed by atoms with Gasteiger partial charge in [0, 0.05) is 42.5 Å². The Labute approximate surface area is 170 Å². The zero-order valence-electron chi connectivity index (χ0n) is 16.2. The molecule has 0 saturated carbocycles. The first kappa shape index (κ1) is 20.3. The van der Waals surface area contributed by atoms with Crippen LogP contribution in [0.3, 0.4) is 0 Å². The number of nitrogens with one attached hydrogen (secondary N) is 1. The highest BCUT2D eigenvalue weighted by Crippen LogP contribution is 2.35. The van der Waals surface area contributed by atoms with Gasteiger partial charge in [0.15, 0.2) is 5.78 Å². The Morgan fingerprint density at radius 2 is 1.90 bits per heavy atom. The number of anilines is 2. The van der Waals surface area contributed by atoms with Gasteiger partial charge in [0.1, 0.15) is 17.8 Å². The van der Waals surface area contributed by atoms with Crippen LogP contribution in [0.1, 0.15) is 29.4 Å². The van der Waals surface area contributed by atoms with E-state index in [-0.39, 0.29) is 36.1 Å². The molecule has 30 heavy (non-hydrogen) atoms. The van der Waals surface area contributed by atoms with Crippen molar-refractivity contribution in [3.8, 4) is 0 Å². The zero-order chi connectivity index (χ0) is 21.5. The van der Waals surface area contributed by atoms with Crippen LogP contribution in [0.5, 0.6) is 0 Å². The average molecular weight is 419 g/mol. The SMILES string of the molecule is CC(=O)c1cccc(NC(=O)CN2C3CC2CN(c2cc(C(F)(F)F)ncn2)C3)c1. The molecule has 3 aliphatic rings. The number of benzene rings is 1. The summed E-state index contributed by atoms with van der Waals surface area (Å²) in [4.78, 5) is 35.1. The van der Waals surface area contributed by atoms with Crippen molar-refractivity contribution in [2.75, 3.05) is 29.9 Å². The Morgan fingerprint density at radius 1 is 1.17 bits per heavy atom. The van der Waals surface area contributed by atoms with Crippen LogP contribution in [0, 0.1) is 0 Å². The second kappa shape index (κ2) is 7.67. The van der Waals surface area contributed by atoms with Gasteiger partial charge >= 0.3 is 6.18 Å². The summed E-state index contributed by atoms with van der Waals surface area (Å²) in [6.07, 6.45) is -2.69. The molecule has 4 heterocycles. The molecule has 158 valence electrons. The molecular formula is C20H20F3N5O2. The minimum atomic E-state index is -4.51. The number of piperidine rings is 1. The number of ketones is 1. The third-order valence-corrected chi connectivity index (χ3v) is 5.49. The van der Waals surface area contributed by atoms with Gasteiger partial charge in [0.2, 0.25) is 5.91 Å². The lowest BCUT2D eigenvalue weighted by atomic mass is 9.87. The third kappa shape index (κ3) is 4.13. The van der Waals surface area contributed by atoms with Crippen LogP contribution < -0.4 is 10.2 Å². The molecule has 1 aromatic heterocycles. The van der Waals surface area contributed by atoms with Crippen molar-refractivity contribution in [2.24, 2.45) is 0 Å². The van der Waals surface area contributed by atoms with Gasteiger partial charge in [-0.1, -0.05) is 12.1 Å². The number of aromatic nitrogens is 2. The molecule has 0 radical (unpaired) electrons. The highest BCUT2D eigenvalue weighted by molar-refractivity contribution is 5.97. The highest BCUT2D eigenvalue weighted by Gasteiger charge is 2.45. The van der Waals surface area contributed by atoms with E-state index in [9.17, 15) is 22.8 Å². The van der Waals surface area contributed by atoms with Gasteiger partial charge < -0.3 is 10.2 Å². The number of hydrogen-bond donors (Lipinski definition) is 1. The standard InChI is InChI=1S/C20H20F3N5O2/c1-12(29)13-3-2-4-14(5-13)26-19(30)10-28-15-6-16(28)9-27(8-15)18-7-17(20(21,22)23)24-11-25-18/h2-5,7,11,15-16H,6,8-10H2,1H3,(H,26,30). The van der Waals surface area contributed by atoms with E-state index in [0.29, 0.717) is 24.3 Å². The first-order valence-electron chi connectivity index (χ1n) is 9.51. The van der Waals surface area contributed by atoms with Crippen molar-refractivity contribution in [1.29, 1.82) is 0 Å². The predicted octanol–water partition coefficient (Wildman–Crippen LogP) is 2.60. The van der Waals surface area contributed by atoms with Crippen molar-refractivity contribution in [2.45, 2.75) is 31.6 Å². The van der Waals surface area contributed by atoms with Gasteiger partial charge in [-0.3, -0.25) is 14.5 Å². The maximum atomic E-state index is 12.9. The number of amides is 1. The van der Waals surface area contributed by atoms with E-state index in [4.69, 9.17) is 0 Å². The van der Waals surface area contributed by atoms with E-state index in [1.807, 2.05) is 4.90 Å². The Kier molecular flexibility index (Phi) is 5.19. The topological polar surface area (TPSA) is 78.4 Å². The first-order valence-corrected chi connectivity index (χ1v) is 9.51. The molecule has 10 heteroatoms. The van der Waals surface area contributed by atoms with Crippen molar-refractivity contribution >= 4 is 23.2 Å². The lowest BCUT2D eigenvalue weighted by molar-refractivity contribution is -0.141. The summed E-state index contributed by atoms with van der Waals surface area (Å²) < 4.78 is 38.7. The summed E-state index contributed by atoms with van der Waals surface area (Å²) in [6.45, 7) is 2.64. The van der Waals surface area contributed by atoms with Crippen LogP contribution >= 0.6 is 0 Å². The van der Waals surface area contributed by atoms with Gasteiger partial charge in [-0.2, -0.15) is 13.2 Å². The lowest BCUT2D eigenvalue weighted by Gasteiger charge is -2.56. The smallest absolute Gasteiger partial charge is 0.353 e. The quantitative estimate of drug-likeness (QED) is 0.751. The Bertz CT molecular complexity index is 969. The van der Waals surface area contributed by atoms with E-state index in [1.54, 1.807) is 29.2 Å². The Morgan fingerprint density at radius 3 is 2.57 bits per heavy atom. The van der Waals surface area contributed by atoms with Gasteiger partial charge in [-0.15, -0.1) is 0 Å². The van der Waals surface area contributed by atoms with Crippen molar-refractivity contribution in [3.63, 3.8) is 0 Å². The zero-order valence-corrected chi connectivity index (χ0v) is 16.2. The molecule has 2 bridgehead atoms. The fourth-order valence-corrected chi connectivity index (χ4v) is 3.99. The van der Waals surface area contributed by atoms with Crippen LogP contribution in [0.2, 0.25) is 0 Å². The highest BCUT2D eigenvalue weighted by atomic mass is 19.4. The summed E-state index contributed by atoms with van der Waals surface area (Å²) in [5.41, 5.74) is 0.115. The number of rotatable bonds is 5. The van der Waals surface area contributed by atoms with Gasteiger partial charge in [0.05, 0.1) is 6.54 Å². The number of halogens is 3. The van der Waals surface area contributed by atoms with E-state index in [0.717, 1.165) is 18.8 Å². The largest absolute Gasteiger partial charge is 0.433 e. The average Bonchev–Trinajstić information content (AvgIpc) is 2.72. The molecule has 2 atom stereocenters. The summed E-state index contributed by atoms with van der Waals surface area (Å²) in [7, 11) is 0. The molecule has 5 rings (SSSR count). The summed E-state index contributed by atoms with van der Waals surface area (Å²) in [5, 5.41) is 2.80. The molecule has 7 nitrogen and oxygen atoms in total. The number of Topliss-reactive ketones (excluding diaryl/α,β-unsaturated/α-hetero) is 1. The monoisotopic (exact) mass is 419 g/mol. The van der Waals surface area contributed by atoms with Gasteiger partial charge in [-0.25, -0.2) is 9.97 Å². The molecule has 3 fully saturated rings. The normalized spacial score (nSPS) is 21.1. The number of carbonyl (C=O) groups is 2. The molecule has 2 aromatic rings. The number of hydrogen-bond acceptors (Lipinski definition) is 6. The predicted molar refractivity (Wildman–Crippen MR) is 103 cm³/mol. The van der Waals surface area contributed by atoms with Crippen LogP contribution in [0.15, 0.2) is 36.7 Å². The maximum absolute atomic E-state index is 12.9. The molecule has 1 N–H and O–H groups in total. The lowest BCUT2D eigenvalue weighted by Crippen LogP contribution is -2.69. The molecule has 3 saturated heterocycles. The Hall–Kier alpha value is -3.01. The molecule has 0 aliphatic carbocycles. The molecule has 3 aliphatic heterocycles. The maximum Gasteiger partial charge on any atom is 0.433 e. The first-order chi connectivity index (χ1) is 14.2. The van der Waals surface area contributed by atoms with Crippen LogP contribution in [-0.2, 0) is 11.0 Å². The van der Waals surface area contributed by atoms with Crippen LogP contribution in [0.25, 0.3) is 0 Å². The second-order valence-corrected chi connectivity index (χ2v) is 7.57. The van der Waals surface area contributed by atoms with E-state index < -0.39 is 11.9 Å². The Balaban J connectivity index is 1.36. The summed E-state index contributed by atoms with van der Waals surface area (Å²) >= 11 is 0. The number of piperazine rings is 1. The molecule has 1 aromatic carbocycles. The fraction of sp³-hybridized carbons (Fsp3) is 0.400. The van der Waals surface area contributed by atoms with Gasteiger partial charge in [0.25, 0.3) is 0 Å².